The molecule has 174 valence electrons. The molecule has 2 heterocycles. The highest BCUT2D eigenvalue weighted by molar-refractivity contribution is 7.92. The van der Waals surface area contributed by atoms with Crippen LogP contribution in [0.25, 0.3) is 0 Å². The Balaban J connectivity index is 1.35. The summed E-state index contributed by atoms with van der Waals surface area (Å²) in [7, 11) is -3.73. The molecule has 1 amide bonds. The number of sulfonamides is 1. The van der Waals surface area contributed by atoms with Crippen LogP contribution in [0.15, 0.2) is 53.4 Å². The fraction of sp³-hybridized carbons (Fsp3) is 0.391. The van der Waals surface area contributed by atoms with Crippen molar-refractivity contribution in [2.45, 2.75) is 48.7 Å². The molecule has 8 nitrogen and oxygen atoms in total. The molecule has 2 saturated heterocycles. The van der Waals surface area contributed by atoms with Crippen LogP contribution >= 0.6 is 11.6 Å². The predicted octanol–water partition coefficient (Wildman–Crippen LogP) is 3.15. The largest absolute Gasteiger partial charge is 0.490 e. The number of amides is 1. The average molecular weight is 489 g/mol. The quantitative estimate of drug-likeness (QED) is 0.619. The zero-order valence-corrected chi connectivity index (χ0v) is 19.5. The van der Waals surface area contributed by atoms with Crippen molar-refractivity contribution in [2.24, 2.45) is 0 Å². The van der Waals surface area contributed by atoms with Gasteiger partial charge in [-0.3, -0.25) is 14.8 Å². The number of hydrogen-bond acceptors (Lipinski definition) is 6. The summed E-state index contributed by atoms with van der Waals surface area (Å²) >= 11 is 6.25. The highest BCUT2D eigenvalue weighted by Gasteiger charge is 2.37. The zero-order valence-electron chi connectivity index (χ0n) is 17.9. The van der Waals surface area contributed by atoms with Crippen molar-refractivity contribution in [1.82, 2.24) is 10.2 Å². The number of carbonyl (C=O) groups excluding carboxylic acids is 1. The molecule has 0 radical (unpaired) electrons. The molecule has 2 aliphatic heterocycles. The topological polar surface area (TPSA) is 112 Å². The molecule has 2 aromatic rings. The minimum atomic E-state index is -3.73. The first kappa shape index (κ1) is 23.4. The standard InChI is InChI=1S/C23H25ClN4O4S/c24-20-10-8-16(27-33(30,31)19-6-2-1-3-7-19)13-22(20)32-15-17-9-11-21(26-17)23(29)28-12-4-5-18(28)14-25/h1-3,6-8,10,13,17-18,21,26-27H,4-5,9,11-12,15H2/t17-,18+,21+/m1/s1. The average Bonchev–Trinajstić information content (AvgIpc) is 3.49. The second kappa shape index (κ2) is 10.00. The summed E-state index contributed by atoms with van der Waals surface area (Å²) in [6, 6.07) is 14.3. The van der Waals surface area contributed by atoms with Gasteiger partial charge in [0.2, 0.25) is 5.91 Å². The van der Waals surface area contributed by atoms with E-state index in [-0.39, 0.29) is 35.5 Å². The van der Waals surface area contributed by atoms with Gasteiger partial charge in [-0.1, -0.05) is 29.8 Å². The lowest BCUT2D eigenvalue weighted by molar-refractivity contribution is -0.133. The second-order valence-corrected chi connectivity index (χ2v) is 10.3. The van der Waals surface area contributed by atoms with Gasteiger partial charge < -0.3 is 9.64 Å². The van der Waals surface area contributed by atoms with Gasteiger partial charge >= 0.3 is 0 Å². The molecule has 0 aliphatic carbocycles. The third-order valence-corrected chi connectivity index (χ3v) is 7.61. The van der Waals surface area contributed by atoms with Crippen molar-refractivity contribution in [1.29, 1.82) is 5.26 Å². The van der Waals surface area contributed by atoms with E-state index in [1.165, 1.54) is 12.1 Å². The van der Waals surface area contributed by atoms with Gasteiger partial charge in [0.05, 0.1) is 27.7 Å². The molecule has 10 heteroatoms. The van der Waals surface area contributed by atoms with E-state index < -0.39 is 10.0 Å². The van der Waals surface area contributed by atoms with Gasteiger partial charge in [0, 0.05) is 18.7 Å². The van der Waals surface area contributed by atoms with E-state index in [1.54, 1.807) is 41.3 Å². The van der Waals surface area contributed by atoms with Crippen LogP contribution in [0.1, 0.15) is 25.7 Å². The minimum absolute atomic E-state index is 0.0306. The maximum absolute atomic E-state index is 12.8. The normalized spacial score (nSPS) is 22.7. The SMILES string of the molecule is N#C[C@@H]1CCCN1C(=O)[C@@H]1CC[C@H](COc2cc(NS(=O)(=O)c3ccccc3)ccc2Cl)N1. The molecular weight excluding hydrogens is 464 g/mol. The number of nitrogens with zero attached hydrogens (tertiary/aromatic N) is 2. The highest BCUT2D eigenvalue weighted by Crippen LogP contribution is 2.30. The Bertz CT molecular complexity index is 1150. The lowest BCUT2D eigenvalue weighted by Crippen LogP contribution is -2.47. The third kappa shape index (κ3) is 5.41. The Kier molecular flexibility index (Phi) is 7.08. The summed E-state index contributed by atoms with van der Waals surface area (Å²) in [6.07, 6.45) is 3.00. The van der Waals surface area contributed by atoms with Crippen molar-refractivity contribution in [3.63, 3.8) is 0 Å². The molecular formula is C23H25ClN4O4S. The molecule has 2 aromatic carbocycles. The lowest BCUT2D eigenvalue weighted by atomic mass is 10.1. The molecule has 2 aliphatic rings. The highest BCUT2D eigenvalue weighted by atomic mass is 35.5. The number of anilines is 1. The first-order chi connectivity index (χ1) is 15.9. The number of likely N-dealkylation sites (tertiary alicyclic amines) is 1. The number of rotatable bonds is 7. The van der Waals surface area contributed by atoms with E-state index >= 15 is 0 Å². The molecule has 2 fully saturated rings. The van der Waals surface area contributed by atoms with Crippen LogP contribution in [0.5, 0.6) is 5.75 Å². The molecule has 33 heavy (non-hydrogen) atoms. The van der Waals surface area contributed by atoms with Gasteiger partial charge in [0.1, 0.15) is 18.4 Å². The molecule has 0 spiro atoms. The van der Waals surface area contributed by atoms with Crippen LogP contribution in [-0.4, -0.2) is 50.5 Å². The van der Waals surface area contributed by atoms with E-state index in [4.69, 9.17) is 16.3 Å². The van der Waals surface area contributed by atoms with Crippen LogP contribution in [0, 0.1) is 11.3 Å². The van der Waals surface area contributed by atoms with Gasteiger partial charge in [0.25, 0.3) is 10.0 Å². The Morgan fingerprint density at radius 2 is 2.00 bits per heavy atom. The first-order valence-electron chi connectivity index (χ1n) is 10.8. The lowest BCUT2D eigenvalue weighted by Gasteiger charge is -2.24. The number of nitrogens with one attached hydrogen (secondary N) is 2. The van der Waals surface area contributed by atoms with E-state index in [0.717, 1.165) is 19.3 Å². The number of hydrogen-bond donors (Lipinski definition) is 2. The van der Waals surface area contributed by atoms with Crippen LogP contribution < -0.4 is 14.8 Å². The molecule has 2 N–H and O–H groups in total. The van der Waals surface area contributed by atoms with Crippen molar-refractivity contribution in [3.8, 4) is 11.8 Å². The summed E-state index contributed by atoms with van der Waals surface area (Å²) in [5.41, 5.74) is 0.335. The summed E-state index contributed by atoms with van der Waals surface area (Å²) in [6.45, 7) is 0.901. The number of carbonyl (C=O) groups is 1. The monoisotopic (exact) mass is 488 g/mol. The molecule has 0 aromatic heterocycles. The Morgan fingerprint density at radius 3 is 2.76 bits per heavy atom. The number of ether oxygens (including phenoxy) is 1. The van der Waals surface area contributed by atoms with E-state index in [0.29, 0.717) is 29.4 Å². The summed E-state index contributed by atoms with van der Waals surface area (Å²) < 4.78 is 33.5. The third-order valence-electron chi connectivity index (χ3n) is 5.90. The minimum Gasteiger partial charge on any atom is -0.490 e. The number of halogens is 1. The first-order valence-corrected chi connectivity index (χ1v) is 12.7. The van der Waals surface area contributed by atoms with Gasteiger partial charge in [-0.25, -0.2) is 8.42 Å². The maximum Gasteiger partial charge on any atom is 0.261 e. The van der Waals surface area contributed by atoms with Gasteiger partial charge in [-0.05, 0) is 49.9 Å². The van der Waals surface area contributed by atoms with Gasteiger partial charge in [-0.15, -0.1) is 0 Å². The molecule has 4 rings (SSSR count). The Hall–Kier alpha value is -2.80. The van der Waals surface area contributed by atoms with Crippen LogP contribution in [0.4, 0.5) is 5.69 Å². The predicted molar refractivity (Wildman–Crippen MR) is 124 cm³/mol. The Morgan fingerprint density at radius 1 is 1.21 bits per heavy atom. The van der Waals surface area contributed by atoms with Gasteiger partial charge in [0.15, 0.2) is 0 Å². The van der Waals surface area contributed by atoms with Crippen LogP contribution in [0.3, 0.4) is 0 Å². The van der Waals surface area contributed by atoms with E-state index in [2.05, 4.69) is 16.1 Å². The van der Waals surface area contributed by atoms with Crippen molar-refractivity contribution in [3.05, 3.63) is 53.6 Å². The fourth-order valence-electron chi connectivity index (χ4n) is 4.19. The molecule has 0 bridgehead atoms. The van der Waals surface area contributed by atoms with Crippen molar-refractivity contribution < 1.29 is 17.9 Å². The van der Waals surface area contributed by atoms with E-state index in [9.17, 15) is 18.5 Å². The van der Waals surface area contributed by atoms with E-state index in [1.807, 2.05) is 0 Å². The summed E-state index contributed by atoms with van der Waals surface area (Å²) in [5, 5.41) is 12.9. The molecule has 0 unspecified atom stereocenters. The van der Waals surface area contributed by atoms with Crippen LogP contribution in [-0.2, 0) is 14.8 Å². The van der Waals surface area contributed by atoms with Gasteiger partial charge in [-0.2, -0.15) is 5.26 Å². The fourth-order valence-corrected chi connectivity index (χ4v) is 5.43. The summed E-state index contributed by atoms with van der Waals surface area (Å²) in [4.78, 5) is 14.6. The molecule has 0 saturated carbocycles. The maximum atomic E-state index is 12.8. The van der Waals surface area contributed by atoms with Crippen LogP contribution in [0.2, 0.25) is 5.02 Å². The Labute approximate surface area is 198 Å². The van der Waals surface area contributed by atoms with Crippen molar-refractivity contribution in [2.75, 3.05) is 17.9 Å². The summed E-state index contributed by atoms with van der Waals surface area (Å²) in [5.74, 6) is 0.322. The number of benzene rings is 2. The van der Waals surface area contributed by atoms with Crippen molar-refractivity contribution >= 4 is 33.2 Å². The second-order valence-electron chi connectivity index (χ2n) is 8.19. The smallest absolute Gasteiger partial charge is 0.261 e. The molecule has 3 atom stereocenters. The number of nitriles is 1. The zero-order chi connectivity index (χ0) is 23.4.